The molecule has 3 aliphatic carbocycles. The van der Waals surface area contributed by atoms with Crippen LogP contribution in [0.1, 0.15) is 53.8 Å². The maximum absolute atomic E-state index is 12.4. The van der Waals surface area contributed by atoms with Gasteiger partial charge in [-0.15, -0.1) is 0 Å². The SMILES string of the molecule is C=C1CCC2C(C)(C)CC[C@@H](O)C23C(=O)OCC13.OCC1=CCCC=C1.[HH]. The summed E-state index contributed by atoms with van der Waals surface area (Å²) in [7, 11) is 0. The molecule has 1 aliphatic heterocycles. The van der Waals surface area contributed by atoms with Gasteiger partial charge in [0, 0.05) is 7.34 Å². The molecule has 1 heterocycles. The molecule has 1 saturated heterocycles. The van der Waals surface area contributed by atoms with E-state index in [2.05, 4.69) is 32.6 Å². The van der Waals surface area contributed by atoms with Gasteiger partial charge in [0.2, 0.25) is 0 Å². The summed E-state index contributed by atoms with van der Waals surface area (Å²) in [5.74, 6) is 0.0659. The van der Waals surface area contributed by atoms with Crippen LogP contribution < -0.4 is 0 Å². The number of ether oxygens (including phenoxy) is 1. The Hall–Kier alpha value is -1.39. The van der Waals surface area contributed by atoms with Crippen molar-refractivity contribution in [2.45, 2.75) is 58.5 Å². The molecular weight excluding hydrogens is 328 g/mol. The molecule has 0 radical (unpaired) electrons. The Morgan fingerprint density at radius 1 is 1.35 bits per heavy atom. The van der Waals surface area contributed by atoms with Gasteiger partial charge in [0.05, 0.1) is 19.3 Å². The molecule has 0 bridgehead atoms. The number of rotatable bonds is 1. The van der Waals surface area contributed by atoms with Crippen LogP contribution in [-0.4, -0.2) is 35.5 Å². The lowest BCUT2D eigenvalue weighted by Gasteiger charge is -2.56. The van der Waals surface area contributed by atoms with Crippen LogP contribution >= 0.6 is 0 Å². The molecular formula is C22H34O4. The molecule has 4 heteroatoms. The van der Waals surface area contributed by atoms with Crippen LogP contribution in [0.5, 0.6) is 0 Å². The van der Waals surface area contributed by atoms with Crippen LogP contribution in [0.4, 0.5) is 0 Å². The van der Waals surface area contributed by atoms with Crippen molar-refractivity contribution < 1.29 is 21.2 Å². The second-order valence-corrected chi connectivity index (χ2v) is 8.79. The number of esters is 1. The van der Waals surface area contributed by atoms with E-state index in [-0.39, 0.29) is 31.3 Å². The number of cyclic esters (lactones) is 1. The average molecular weight is 363 g/mol. The second kappa shape index (κ2) is 7.32. The van der Waals surface area contributed by atoms with Gasteiger partial charge in [-0.05, 0) is 55.4 Å². The molecule has 0 aromatic carbocycles. The van der Waals surface area contributed by atoms with Crippen molar-refractivity contribution in [3.05, 3.63) is 36.0 Å². The van der Waals surface area contributed by atoms with Gasteiger partial charge >= 0.3 is 5.97 Å². The molecule has 2 N–H and O–H groups in total. The predicted molar refractivity (Wildman–Crippen MR) is 103 cm³/mol. The first-order valence-electron chi connectivity index (χ1n) is 9.83. The summed E-state index contributed by atoms with van der Waals surface area (Å²) in [5.41, 5.74) is 1.55. The van der Waals surface area contributed by atoms with Crippen LogP contribution in [0, 0.1) is 22.7 Å². The van der Waals surface area contributed by atoms with Crippen molar-refractivity contribution in [2.24, 2.45) is 22.7 Å². The summed E-state index contributed by atoms with van der Waals surface area (Å²) in [4.78, 5) is 12.4. The zero-order valence-corrected chi connectivity index (χ0v) is 16.0. The number of carbonyl (C=O) groups excluding carboxylic acids is 1. The monoisotopic (exact) mass is 362 g/mol. The van der Waals surface area contributed by atoms with Crippen LogP contribution in [0.15, 0.2) is 36.0 Å². The summed E-state index contributed by atoms with van der Waals surface area (Å²) >= 11 is 0. The van der Waals surface area contributed by atoms with Gasteiger partial charge in [-0.3, -0.25) is 4.79 Å². The van der Waals surface area contributed by atoms with Crippen molar-refractivity contribution in [1.82, 2.24) is 0 Å². The van der Waals surface area contributed by atoms with Gasteiger partial charge in [-0.2, -0.15) is 0 Å². The Bertz CT molecular complexity index is 636. The lowest BCUT2D eigenvalue weighted by molar-refractivity contribution is -0.175. The highest BCUT2D eigenvalue weighted by Crippen LogP contribution is 2.63. The second-order valence-electron chi connectivity index (χ2n) is 8.79. The van der Waals surface area contributed by atoms with Crippen LogP contribution in [0.2, 0.25) is 0 Å². The first-order chi connectivity index (χ1) is 12.3. The van der Waals surface area contributed by atoms with E-state index in [9.17, 15) is 9.90 Å². The average Bonchev–Trinajstić information content (AvgIpc) is 2.99. The molecule has 0 aromatic rings. The molecule has 1 spiro atoms. The normalized spacial score (nSPS) is 37.7. The van der Waals surface area contributed by atoms with Gasteiger partial charge in [0.15, 0.2) is 0 Å². The highest BCUT2D eigenvalue weighted by Gasteiger charge is 2.67. The molecule has 146 valence electrons. The Balaban J connectivity index is 0.000000247. The zero-order valence-electron chi connectivity index (χ0n) is 16.0. The number of aliphatic hydroxyl groups excluding tert-OH is 2. The Morgan fingerprint density at radius 3 is 2.73 bits per heavy atom. The van der Waals surface area contributed by atoms with E-state index in [0.717, 1.165) is 43.3 Å². The Morgan fingerprint density at radius 2 is 2.12 bits per heavy atom. The zero-order chi connectivity index (χ0) is 18.9. The summed E-state index contributed by atoms with van der Waals surface area (Å²) in [6.45, 7) is 9.17. The molecule has 4 rings (SSSR count). The van der Waals surface area contributed by atoms with Crippen molar-refractivity contribution in [3.8, 4) is 0 Å². The largest absolute Gasteiger partial charge is 0.464 e. The molecule has 3 fully saturated rings. The fourth-order valence-electron chi connectivity index (χ4n) is 5.49. The fraction of sp³-hybridized carbons (Fsp3) is 0.682. The minimum absolute atomic E-state index is 0. The minimum atomic E-state index is -0.697. The standard InChI is InChI=1S/C15H22O3.C7H10O.H2/c1-9-4-5-11-14(2,3)7-6-12(16)15(11)10(9)8-18-13(15)17;8-6-7-4-2-1-3-5-7;/h10-12,16H,1,4-8H2,2-3H3;2,4-5,8H,1,3,6H2;1H/t10?,11?,12-,15?;;/m1../s1. The lowest BCUT2D eigenvalue weighted by Crippen LogP contribution is -2.59. The molecule has 2 saturated carbocycles. The first kappa shape index (κ1) is 19.4. The van der Waals surface area contributed by atoms with E-state index < -0.39 is 11.5 Å². The summed E-state index contributed by atoms with van der Waals surface area (Å²) < 4.78 is 5.33. The van der Waals surface area contributed by atoms with Crippen LogP contribution in [-0.2, 0) is 9.53 Å². The van der Waals surface area contributed by atoms with E-state index in [0.29, 0.717) is 13.0 Å². The fourth-order valence-corrected chi connectivity index (χ4v) is 5.49. The van der Waals surface area contributed by atoms with Crippen molar-refractivity contribution in [1.29, 1.82) is 0 Å². The quantitative estimate of drug-likeness (QED) is 0.550. The molecule has 0 aromatic heterocycles. The lowest BCUT2D eigenvalue weighted by atomic mass is 9.46. The number of hydrogen-bond acceptors (Lipinski definition) is 4. The van der Waals surface area contributed by atoms with Crippen LogP contribution in [0.3, 0.4) is 0 Å². The summed E-state index contributed by atoms with van der Waals surface area (Å²) in [6, 6.07) is 0. The minimum Gasteiger partial charge on any atom is -0.464 e. The molecule has 4 nitrogen and oxygen atoms in total. The van der Waals surface area contributed by atoms with Crippen molar-refractivity contribution in [2.75, 3.05) is 13.2 Å². The van der Waals surface area contributed by atoms with Gasteiger partial charge in [0.25, 0.3) is 0 Å². The molecule has 4 aliphatic rings. The topological polar surface area (TPSA) is 66.8 Å². The maximum atomic E-state index is 12.4. The number of hydrogen-bond donors (Lipinski definition) is 2. The van der Waals surface area contributed by atoms with E-state index in [4.69, 9.17) is 9.84 Å². The first-order valence-corrected chi connectivity index (χ1v) is 9.83. The third-order valence-electron chi connectivity index (χ3n) is 6.95. The molecule has 0 amide bonds. The summed E-state index contributed by atoms with van der Waals surface area (Å²) in [6.07, 6.45) is 11.4. The van der Waals surface area contributed by atoms with Gasteiger partial charge in [-0.1, -0.05) is 44.2 Å². The molecule has 3 unspecified atom stereocenters. The summed E-state index contributed by atoms with van der Waals surface area (Å²) in [5, 5.41) is 19.1. The molecule has 4 atom stereocenters. The van der Waals surface area contributed by atoms with Gasteiger partial charge < -0.3 is 14.9 Å². The van der Waals surface area contributed by atoms with E-state index >= 15 is 0 Å². The predicted octanol–water partition coefficient (Wildman–Crippen LogP) is 3.79. The number of carbonyl (C=O) groups is 1. The Kier molecular flexibility index (Phi) is 5.45. The van der Waals surface area contributed by atoms with Crippen molar-refractivity contribution >= 4 is 5.97 Å². The van der Waals surface area contributed by atoms with Crippen LogP contribution in [0.25, 0.3) is 0 Å². The number of allylic oxidation sites excluding steroid dienone is 2. The van der Waals surface area contributed by atoms with E-state index in [1.54, 1.807) is 0 Å². The molecule has 26 heavy (non-hydrogen) atoms. The number of aliphatic hydroxyl groups is 2. The smallest absolute Gasteiger partial charge is 0.315 e. The third kappa shape index (κ3) is 3.07. The third-order valence-corrected chi connectivity index (χ3v) is 6.95. The van der Waals surface area contributed by atoms with Crippen molar-refractivity contribution in [3.63, 3.8) is 0 Å². The van der Waals surface area contributed by atoms with Gasteiger partial charge in [-0.25, -0.2) is 0 Å². The van der Waals surface area contributed by atoms with Gasteiger partial charge in [0.1, 0.15) is 5.41 Å². The Labute approximate surface area is 158 Å². The maximum Gasteiger partial charge on any atom is 0.315 e. The highest BCUT2D eigenvalue weighted by molar-refractivity contribution is 5.82. The van der Waals surface area contributed by atoms with E-state index in [1.165, 1.54) is 0 Å². The highest BCUT2D eigenvalue weighted by atomic mass is 16.5. The van der Waals surface area contributed by atoms with E-state index in [1.807, 2.05) is 6.08 Å².